The molecule has 0 bridgehead atoms. The third-order valence-electron chi connectivity index (χ3n) is 3.25. The second kappa shape index (κ2) is 7.74. The van der Waals surface area contributed by atoms with Crippen molar-refractivity contribution in [3.63, 3.8) is 0 Å². The first-order valence-corrected chi connectivity index (χ1v) is 7.99. The molecule has 2 rings (SSSR count). The molecule has 0 aromatic heterocycles. The number of carbonyl (C=O) groups is 1. The van der Waals surface area contributed by atoms with E-state index in [1.165, 1.54) is 6.08 Å². The van der Waals surface area contributed by atoms with E-state index < -0.39 is 5.76 Å². The number of ether oxygens (including phenoxy) is 1. The summed E-state index contributed by atoms with van der Waals surface area (Å²) in [6.45, 7) is 5.05. The Kier molecular flexibility index (Phi) is 5.97. The zero-order valence-electron chi connectivity index (χ0n) is 12.5. The van der Waals surface area contributed by atoms with Crippen molar-refractivity contribution in [3.8, 4) is 0 Å². The van der Waals surface area contributed by atoms with Crippen LogP contribution in [0.4, 0.5) is 8.78 Å². The number of carbonyl (C=O) groups excluding carboxylic acids is 1. The van der Waals surface area contributed by atoms with Crippen LogP contribution in [0.3, 0.4) is 0 Å². The Morgan fingerprint density at radius 3 is 2.41 bits per heavy atom. The van der Waals surface area contributed by atoms with Gasteiger partial charge in [0.25, 0.3) is 5.76 Å². The van der Waals surface area contributed by atoms with Crippen molar-refractivity contribution < 1.29 is 18.3 Å². The zero-order valence-corrected chi connectivity index (χ0v) is 13.4. The van der Waals surface area contributed by atoms with Crippen LogP contribution in [0, 0.1) is 0 Å². The summed E-state index contributed by atoms with van der Waals surface area (Å²) in [5.41, 5.74) is 0.807. The van der Waals surface area contributed by atoms with Gasteiger partial charge in [-0.05, 0) is 37.6 Å². The van der Waals surface area contributed by atoms with E-state index in [1.807, 2.05) is 13.8 Å². The van der Waals surface area contributed by atoms with Crippen molar-refractivity contribution in [1.82, 2.24) is 4.90 Å². The van der Waals surface area contributed by atoms with Crippen LogP contribution < -0.4 is 0 Å². The molecule has 1 fully saturated rings. The highest BCUT2D eigenvalue weighted by Gasteiger charge is 2.24. The first-order valence-electron chi connectivity index (χ1n) is 7.11. The number of halogens is 2. The Bertz CT molecular complexity index is 523. The second-order valence-corrected chi connectivity index (χ2v) is 6.34. The van der Waals surface area contributed by atoms with Gasteiger partial charge in [0.2, 0.25) is 5.91 Å². The molecule has 0 spiro atoms. The number of hydrogen-bond acceptors (Lipinski definition) is 3. The van der Waals surface area contributed by atoms with Gasteiger partial charge in [-0.1, -0.05) is 23.9 Å². The lowest BCUT2D eigenvalue weighted by Gasteiger charge is -2.34. The van der Waals surface area contributed by atoms with E-state index in [-0.39, 0.29) is 18.1 Å². The monoisotopic (exact) mass is 327 g/mol. The van der Waals surface area contributed by atoms with Crippen molar-refractivity contribution in [2.75, 3.05) is 13.1 Å². The van der Waals surface area contributed by atoms with E-state index in [4.69, 9.17) is 4.74 Å². The fourth-order valence-electron chi connectivity index (χ4n) is 2.39. The van der Waals surface area contributed by atoms with E-state index in [0.717, 1.165) is 5.56 Å². The van der Waals surface area contributed by atoms with Gasteiger partial charge in [-0.25, -0.2) is 0 Å². The molecule has 0 radical (unpaired) electrons. The van der Waals surface area contributed by atoms with Gasteiger partial charge >= 0.3 is 0 Å². The van der Waals surface area contributed by atoms with Crippen LogP contribution in [0.5, 0.6) is 0 Å². The molecule has 1 aromatic carbocycles. The summed E-state index contributed by atoms with van der Waals surface area (Å²) in [6.07, 6.45) is 3.28. The summed E-state index contributed by atoms with van der Waals surface area (Å²) in [5.74, 6) is -2.48. The fraction of sp³-hybridized carbons (Fsp3) is 0.438. The maximum Gasteiger partial charge on any atom is 0.288 e. The standard InChI is InChI=1S/C16H19F2NO2S/c1-11-9-19(10-12(2)21-11)15(20)8-5-13-3-6-14(7-4-13)22-16(17)18/h3-8,11-12,16H,9-10H2,1-2H3/b8-5+/t11-,12-/m0/s1. The minimum Gasteiger partial charge on any atom is -0.372 e. The van der Waals surface area contributed by atoms with Crippen molar-refractivity contribution in [2.24, 2.45) is 0 Å². The number of thioether (sulfide) groups is 1. The number of amides is 1. The summed E-state index contributed by atoms with van der Waals surface area (Å²) in [5, 5.41) is 0. The van der Waals surface area contributed by atoms with Crippen LogP contribution >= 0.6 is 11.8 Å². The Hall–Kier alpha value is -1.40. The Morgan fingerprint density at radius 2 is 1.86 bits per heavy atom. The lowest BCUT2D eigenvalue weighted by Crippen LogP contribution is -2.47. The van der Waals surface area contributed by atoms with E-state index in [2.05, 4.69) is 0 Å². The summed E-state index contributed by atoms with van der Waals surface area (Å²) in [7, 11) is 0. The second-order valence-electron chi connectivity index (χ2n) is 5.28. The molecule has 0 saturated carbocycles. The Balaban J connectivity index is 1.94. The van der Waals surface area contributed by atoms with Gasteiger partial charge in [0.15, 0.2) is 0 Å². The lowest BCUT2D eigenvalue weighted by atomic mass is 10.2. The third kappa shape index (κ3) is 5.10. The van der Waals surface area contributed by atoms with E-state index in [9.17, 15) is 13.6 Å². The van der Waals surface area contributed by atoms with Crippen LogP contribution in [0.1, 0.15) is 19.4 Å². The van der Waals surface area contributed by atoms with Gasteiger partial charge < -0.3 is 9.64 Å². The molecule has 1 heterocycles. The third-order valence-corrected chi connectivity index (χ3v) is 3.98. The van der Waals surface area contributed by atoms with E-state index in [1.54, 1.807) is 35.2 Å². The predicted molar refractivity (Wildman–Crippen MR) is 83.9 cm³/mol. The number of benzene rings is 1. The van der Waals surface area contributed by atoms with Crippen molar-refractivity contribution >= 4 is 23.7 Å². The average Bonchev–Trinajstić information content (AvgIpc) is 2.44. The van der Waals surface area contributed by atoms with Crippen molar-refractivity contribution in [2.45, 2.75) is 36.7 Å². The maximum atomic E-state index is 12.2. The van der Waals surface area contributed by atoms with Gasteiger partial charge in [0, 0.05) is 24.1 Å². The molecule has 1 aliphatic rings. The quantitative estimate of drug-likeness (QED) is 0.624. The maximum absolute atomic E-state index is 12.2. The smallest absolute Gasteiger partial charge is 0.288 e. The Morgan fingerprint density at radius 1 is 1.27 bits per heavy atom. The molecule has 1 saturated heterocycles. The molecule has 0 N–H and O–H groups in total. The SMILES string of the molecule is C[C@H]1CN(C(=O)/C=C/c2ccc(SC(F)F)cc2)C[C@H](C)O1. The minimum absolute atomic E-state index is 0.0340. The number of hydrogen-bond donors (Lipinski definition) is 0. The first-order chi connectivity index (χ1) is 10.4. The summed E-state index contributed by atoms with van der Waals surface area (Å²) >= 11 is 0.508. The zero-order chi connectivity index (χ0) is 16.1. The molecular weight excluding hydrogens is 308 g/mol. The normalized spacial score (nSPS) is 22.5. The predicted octanol–water partition coefficient (Wildman–Crippen LogP) is 3.65. The molecule has 1 aromatic rings. The molecule has 1 aliphatic heterocycles. The summed E-state index contributed by atoms with van der Waals surface area (Å²) < 4.78 is 30.1. The van der Waals surface area contributed by atoms with Gasteiger partial charge in [0.05, 0.1) is 12.2 Å². The highest BCUT2D eigenvalue weighted by molar-refractivity contribution is 7.99. The van der Waals surface area contributed by atoms with Gasteiger partial charge in [-0.3, -0.25) is 4.79 Å². The number of nitrogens with zero attached hydrogens (tertiary/aromatic N) is 1. The van der Waals surface area contributed by atoms with E-state index >= 15 is 0 Å². The van der Waals surface area contributed by atoms with Crippen molar-refractivity contribution in [3.05, 3.63) is 35.9 Å². The molecule has 3 nitrogen and oxygen atoms in total. The molecule has 6 heteroatoms. The molecule has 22 heavy (non-hydrogen) atoms. The van der Waals surface area contributed by atoms with E-state index in [0.29, 0.717) is 29.7 Å². The van der Waals surface area contributed by atoms with Crippen LogP contribution in [0.15, 0.2) is 35.2 Å². The number of morpholine rings is 1. The average molecular weight is 327 g/mol. The van der Waals surface area contributed by atoms with Crippen molar-refractivity contribution in [1.29, 1.82) is 0 Å². The van der Waals surface area contributed by atoms with Gasteiger partial charge in [-0.2, -0.15) is 8.78 Å². The number of rotatable bonds is 4. The van der Waals surface area contributed by atoms with Gasteiger partial charge in [0.1, 0.15) is 0 Å². The van der Waals surface area contributed by atoms with Crippen LogP contribution in [-0.4, -0.2) is 41.9 Å². The lowest BCUT2D eigenvalue weighted by molar-refractivity contribution is -0.137. The highest BCUT2D eigenvalue weighted by Crippen LogP contribution is 2.25. The summed E-state index contributed by atoms with van der Waals surface area (Å²) in [6, 6.07) is 6.69. The Labute approximate surface area is 133 Å². The fourth-order valence-corrected chi connectivity index (χ4v) is 2.89. The molecule has 0 unspecified atom stereocenters. The molecule has 1 amide bonds. The number of alkyl halides is 2. The molecule has 120 valence electrons. The highest BCUT2D eigenvalue weighted by atomic mass is 32.2. The van der Waals surface area contributed by atoms with Crippen LogP contribution in [0.25, 0.3) is 6.08 Å². The summed E-state index contributed by atoms with van der Waals surface area (Å²) in [4.78, 5) is 14.4. The molecular formula is C16H19F2NO2S. The molecule has 2 atom stereocenters. The van der Waals surface area contributed by atoms with Gasteiger partial charge in [-0.15, -0.1) is 0 Å². The molecule has 0 aliphatic carbocycles. The van der Waals surface area contributed by atoms with Crippen LogP contribution in [0.2, 0.25) is 0 Å². The first kappa shape index (κ1) is 17.0. The minimum atomic E-state index is -2.42. The largest absolute Gasteiger partial charge is 0.372 e. The topological polar surface area (TPSA) is 29.5 Å². The van der Waals surface area contributed by atoms with Crippen LogP contribution in [-0.2, 0) is 9.53 Å².